The summed E-state index contributed by atoms with van der Waals surface area (Å²) in [5.74, 6) is 2.69. The fourth-order valence-electron chi connectivity index (χ4n) is 14.5. The average molecular weight is 1260 g/mol. The van der Waals surface area contributed by atoms with Gasteiger partial charge < -0.3 is 34.0 Å². The van der Waals surface area contributed by atoms with Crippen molar-refractivity contribution >= 4 is 85.3 Å². The summed E-state index contributed by atoms with van der Waals surface area (Å²) in [7, 11) is 0. The maximum Gasteiger partial charge on any atom is 0.135 e. The zero-order valence-corrected chi connectivity index (χ0v) is 53.6. The second-order valence-electron chi connectivity index (χ2n) is 24.5. The average Bonchev–Trinajstić information content (AvgIpc) is 1.48. The van der Waals surface area contributed by atoms with Crippen LogP contribution < -0.4 is 34.0 Å². The van der Waals surface area contributed by atoms with Crippen LogP contribution in [-0.2, 0) is 5.41 Å². The standard InChI is InChI=1S/C91H65N5O2/c1-10-32-66(33-11-1)92(67-34-12-2-13-35-67)76-58-77(93(68-36-14-3-15-37-68)69-38-16-4-17-39-69)60-78(59-76)96(74-48-26-9-27-49-74)75-54-56-87-89(64-75)98-90-65-81(55-57-88(90)91(87)85-52-30-28-50-83(85)84-51-29-31-53-86(84)91)97-82-62-79(94(70-40-18-5-19-41-70)71-42-20-6-21-43-71)61-80(63-82)95(72-44-22-7-23-45-72)73-46-24-8-25-47-73/h1-65H. The van der Waals surface area contributed by atoms with E-state index in [9.17, 15) is 0 Å². The molecule has 0 saturated carbocycles. The first-order valence-corrected chi connectivity index (χ1v) is 33.2. The van der Waals surface area contributed by atoms with E-state index in [4.69, 9.17) is 9.47 Å². The lowest BCUT2D eigenvalue weighted by molar-refractivity contribution is 0.427. The molecule has 0 radical (unpaired) electrons. The summed E-state index contributed by atoms with van der Waals surface area (Å²) in [4.78, 5) is 11.6. The Labute approximate surface area is 572 Å². The quantitative estimate of drug-likeness (QED) is 0.0899. The van der Waals surface area contributed by atoms with Crippen molar-refractivity contribution in [2.45, 2.75) is 5.41 Å². The van der Waals surface area contributed by atoms with Crippen molar-refractivity contribution in [3.63, 3.8) is 0 Å². The van der Waals surface area contributed by atoms with Crippen molar-refractivity contribution < 1.29 is 9.47 Å². The molecule has 2 aliphatic rings. The number of anilines is 15. The molecule has 0 N–H and O–H groups in total. The third kappa shape index (κ3) is 10.8. The molecule has 0 unspecified atom stereocenters. The van der Waals surface area contributed by atoms with Crippen LogP contribution in [0.5, 0.6) is 23.0 Å². The van der Waals surface area contributed by atoms with Crippen LogP contribution in [-0.4, -0.2) is 0 Å². The summed E-state index contributed by atoms with van der Waals surface area (Å²) in [6, 6.07) is 140. The Morgan fingerprint density at radius 1 is 0.184 bits per heavy atom. The number of para-hydroxylation sites is 9. The van der Waals surface area contributed by atoms with Gasteiger partial charge in [-0.25, -0.2) is 0 Å². The lowest BCUT2D eigenvalue weighted by Gasteiger charge is -2.40. The topological polar surface area (TPSA) is 34.7 Å². The predicted octanol–water partition coefficient (Wildman–Crippen LogP) is 25.3. The lowest BCUT2D eigenvalue weighted by Crippen LogP contribution is -2.32. The molecule has 1 spiro atoms. The van der Waals surface area contributed by atoms with Crippen molar-refractivity contribution in [2.75, 3.05) is 24.5 Å². The molecule has 466 valence electrons. The van der Waals surface area contributed by atoms with Crippen LogP contribution in [0.25, 0.3) is 11.1 Å². The van der Waals surface area contributed by atoms with Crippen LogP contribution in [0.2, 0.25) is 0 Å². The molecule has 1 aliphatic heterocycles. The molecule has 98 heavy (non-hydrogen) atoms. The second kappa shape index (κ2) is 25.7. The van der Waals surface area contributed by atoms with Crippen LogP contribution in [0.4, 0.5) is 85.3 Å². The summed E-state index contributed by atoms with van der Waals surface area (Å²) in [5, 5.41) is 0. The highest BCUT2D eigenvalue weighted by Gasteiger charge is 2.51. The zero-order valence-electron chi connectivity index (χ0n) is 53.6. The number of hydrogen-bond donors (Lipinski definition) is 0. The van der Waals surface area contributed by atoms with Crippen molar-refractivity contribution in [1.29, 1.82) is 0 Å². The lowest BCUT2D eigenvalue weighted by atomic mass is 9.66. The Morgan fingerprint density at radius 3 is 0.755 bits per heavy atom. The maximum absolute atomic E-state index is 7.61. The fourth-order valence-corrected chi connectivity index (χ4v) is 14.5. The van der Waals surface area contributed by atoms with E-state index >= 15 is 0 Å². The van der Waals surface area contributed by atoms with E-state index in [0.717, 1.165) is 102 Å². The molecule has 17 rings (SSSR count). The fraction of sp³-hybridized carbons (Fsp3) is 0.0110. The van der Waals surface area contributed by atoms with Gasteiger partial charge in [0.15, 0.2) is 0 Å². The number of hydrogen-bond acceptors (Lipinski definition) is 7. The molecular weight excluding hydrogens is 1200 g/mol. The first-order valence-electron chi connectivity index (χ1n) is 33.2. The second-order valence-corrected chi connectivity index (χ2v) is 24.5. The molecule has 0 atom stereocenters. The van der Waals surface area contributed by atoms with Crippen molar-refractivity contribution in [3.05, 3.63) is 417 Å². The predicted molar refractivity (Wildman–Crippen MR) is 404 cm³/mol. The Hall–Kier alpha value is -13.1. The Kier molecular flexibility index (Phi) is 15.4. The number of nitrogens with zero attached hydrogens (tertiary/aromatic N) is 5. The minimum absolute atomic E-state index is 0.621. The van der Waals surface area contributed by atoms with Gasteiger partial charge in [-0.3, -0.25) is 0 Å². The summed E-state index contributed by atoms with van der Waals surface area (Å²) in [6.07, 6.45) is 0. The molecule has 0 fully saturated rings. The van der Waals surface area contributed by atoms with Gasteiger partial charge in [0.1, 0.15) is 23.0 Å². The van der Waals surface area contributed by atoms with E-state index in [2.05, 4.69) is 419 Å². The third-order valence-corrected chi connectivity index (χ3v) is 18.6. The largest absolute Gasteiger partial charge is 0.457 e. The van der Waals surface area contributed by atoms with Crippen molar-refractivity contribution in [3.8, 4) is 34.1 Å². The summed E-state index contributed by atoms with van der Waals surface area (Å²) >= 11 is 0. The Bertz CT molecular complexity index is 4880. The highest BCUT2D eigenvalue weighted by molar-refractivity contribution is 5.93. The Balaban J connectivity index is 0.857. The Morgan fingerprint density at radius 2 is 0.439 bits per heavy atom. The highest BCUT2D eigenvalue weighted by Crippen LogP contribution is 2.63. The first-order chi connectivity index (χ1) is 48.6. The summed E-state index contributed by atoms with van der Waals surface area (Å²) < 4.78 is 15.0. The number of benzene rings is 15. The van der Waals surface area contributed by atoms with Crippen LogP contribution >= 0.6 is 0 Å². The van der Waals surface area contributed by atoms with Crippen LogP contribution in [0.15, 0.2) is 394 Å². The van der Waals surface area contributed by atoms with E-state index < -0.39 is 5.41 Å². The van der Waals surface area contributed by atoms with Gasteiger partial charge >= 0.3 is 0 Å². The smallest absolute Gasteiger partial charge is 0.135 e. The normalized spacial score (nSPS) is 12.0. The molecule has 0 aromatic heterocycles. The number of ether oxygens (including phenoxy) is 2. The van der Waals surface area contributed by atoms with Gasteiger partial charge in [0, 0.05) is 92.3 Å². The van der Waals surface area contributed by atoms with Gasteiger partial charge in [0.05, 0.1) is 33.9 Å². The first kappa shape index (κ1) is 58.7. The molecule has 7 nitrogen and oxygen atoms in total. The molecule has 0 bridgehead atoms. The van der Waals surface area contributed by atoms with Gasteiger partial charge in [-0.05, 0) is 168 Å². The zero-order chi connectivity index (χ0) is 65.2. The summed E-state index contributed by atoms with van der Waals surface area (Å²) in [5.41, 5.74) is 20.8. The van der Waals surface area contributed by atoms with Crippen molar-refractivity contribution in [1.82, 2.24) is 0 Å². The van der Waals surface area contributed by atoms with Gasteiger partial charge in [0.2, 0.25) is 0 Å². The number of fused-ring (bicyclic) bond motifs is 9. The van der Waals surface area contributed by atoms with E-state index in [-0.39, 0.29) is 0 Å². The van der Waals surface area contributed by atoms with E-state index in [1.807, 2.05) is 0 Å². The molecule has 1 aliphatic carbocycles. The summed E-state index contributed by atoms with van der Waals surface area (Å²) in [6.45, 7) is 0. The number of rotatable bonds is 17. The third-order valence-electron chi connectivity index (χ3n) is 18.6. The monoisotopic (exact) mass is 1260 g/mol. The van der Waals surface area contributed by atoms with Gasteiger partial charge in [0.25, 0.3) is 0 Å². The van der Waals surface area contributed by atoms with Crippen LogP contribution in [0.3, 0.4) is 0 Å². The van der Waals surface area contributed by atoms with Gasteiger partial charge in [-0.2, -0.15) is 0 Å². The maximum atomic E-state index is 7.61. The van der Waals surface area contributed by atoms with Crippen LogP contribution in [0.1, 0.15) is 22.3 Å². The molecule has 1 heterocycles. The van der Waals surface area contributed by atoms with E-state index in [1.165, 1.54) is 22.3 Å². The molecular formula is C91H65N5O2. The molecule has 15 aromatic rings. The van der Waals surface area contributed by atoms with E-state index in [1.54, 1.807) is 0 Å². The minimum atomic E-state index is -0.777. The van der Waals surface area contributed by atoms with Crippen LogP contribution in [0, 0.1) is 0 Å². The molecule has 15 aromatic carbocycles. The molecule has 7 heteroatoms. The molecule has 0 saturated heterocycles. The van der Waals surface area contributed by atoms with Gasteiger partial charge in [-0.1, -0.05) is 224 Å². The van der Waals surface area contributed by atoms with E-state index in [0.29, 0.717) is 17.2 Å². The van der Waals surface area contributed by atoms with Gasteiger partial charge in [-0.15, -0.1) is 0 Å². The van der Waals surface area contributed by atoms with Crippen molar-refractivity contribution in [2.24, 2.45) is 0 Å². The highest BCUT2D eigenvalue weighted by atomic mass is 16.5. The minimum Gasteiger partial charge on any atom is -0.457 e. The SMILES string of the molecule is c1ccc(N(c2ccccc2)c2cc(Oc3ccc4c(c3)Oc3cc(N(c5ccccc5)c5cc(N(c6ccccc6)c6ccccc6)cc(N(c6ccccc6)c6ccccc6)c5)ccc3C43c4ccccc4-c4ccccc43)cc(N(c3ccccc3)c3ccccc3)c2)cc1. The molecule has 0 amide bonds.